The first-order valence-electron chi connectivity index (χ1n) is 7.86. The smallest absolute Gasteiger partial charge is 0.211 e. The fraction of sp³-hybridized carbons (Fsp3) is 1.00. The van der Waals surface area contributed by atoms with E-state index in [-0.39, 0.29) is 12.4 Å². The normalized spacial score (nSPS) is 21.2. The zero-order valence-corrected chi connectivity index (χ0v) is 13.9. The molecule has 2 fully saturated rings. The fourth-order valence-electron chi connectivity index (χ4n) is 2.77. The fourth-order valence-corrected chi connectivity index (χ4v) is 3.97. The quantitative estimate of drug-likeness (QED) is 0.532. The van der Waals surface area contributed by atoms with Gasteiger partial charge >= 0.3 is 0 Å². The minimum Gasteiger partial charge on any atom is -0.313 e. The Morgan fingerprint density at radius 1 is 0.900 bits per heavy atom. The molecule has 0 aromatic carbocycles. The summed E-state index contributed by atoms with van der Waals surface area (Å²) in [5.74, 6) is 0.988. The number of rotatable bonds is 8. The molecule has 20 heavy (non-hydrogen) atoms. The van der Waals surface area contributed by atoms with Crippen LogP contribution in [0.5, 0.6) is 0 Å². The first-order valence-corrected chi connectivity index (χ1v) is 9.52. The van der Waals surface area contributed by atoms with Crippen molar-refractivity contribution in [2.45, 2.75) is 63.8 Å². The Kier molecular flexibility index (Phi) is 8.41. The van der Waals surface area contributed by atoms with Crippen LogP contribution in [0.2, 0.25) is 0 Å². The maximum absolute atomic E-state index is 11.7. The molecule has 0 unspecified atom stereocenters. The average molecular weight is 325 g/mol. The van der Waals surface area contributed by atoms with E-state index in [1.807, 2.05) is 0 Å². The van der Waals surface area contributed by atoms with Crippen molar-refractivity contribution in [1.29, 1.82) is 0 Å². The van der Waals surface area contributed by atoms with E-state index in [1.54, 1.807) is 0 Å². The Morgan fingerprint density at radius 2 is 1.55 bits per heavy atom. The van der Waals surface area contributed by atoms with Gasteiger partial charge in [0.25, 0.3) is 0 Å². The van der Waals surface area contributed by atoms with Crippen LogP contribution in [0.4, 0.5) is 0 Å². The molecule has 4 nitrogen and oxygen atoms in total. The third-order valence-electron chi connectivity index (χ3n) is 4.23. The molecule has 0 aliphatic heterocycles. The number of halogens is 1. The monoisotopic (exact) mass is 324 g/mol. The molecule has 0 radical (unpaired) electrons. The molecule has 2 aliphatic rings. The van der Waals surface area contributed by atoms with Gasteiger partial charge in [-0.3, -0.25) is 0 Å². The Morgan fingerprint density at radius 3 is 2.15 bits per heavy atom. The predicted octanol–water partition coefficient (Wildman–Crippen LogP) is 2.44. The second-order valence-electron chi connectivity index (χ2n) is 6.09. The molecule has 0 heterocycles. The second kappa shape index (κ2) is 9.23. The zero-order chi connectivity index (χ0) is 13.6. The van der Waals surface area contributed by atoms with E-state index in [4.69, 9.17) is 0 Å². The van der Waals surface area contributed by atoms with Crippen LogP contribution >= 0.6 is 12.4 Å². The molecule has 0 bridgehead atoms. The van der Waals surface area contributed by atoms with Gasteiger partial charge in [0.2, 0.25) is 10.0 Å². The first kappa shape index (κ1) is 18.2. The lowest BCUT2D eigenvalue weighted by Gasteiger charge is -2.16. The van der Waals surface area contributed by atoms with E-state index in [1.165, 1.54) is 51.4 Å². The molecule has 0 atom stereocenters. The van der Waals surface area contributed by atoms with E-state index in [2.05, 4.69) is 10.0 Å². The van der Waals surface area contributed by atoms with E-state index in [0.717, 1.165) is 13.0 Å². The van der Waals surface area contributed by atoms with Crippen LogP contribution in [0.15, 0.2) is 0 Å². The molecule has 0 amide bonds. The SMILES string of the molecule is Cl.O=S(=O)(CCC1CC1)NCCNC1CCCCCC1. The molecule has 0 aromatic rings. The van der Waals surface area contributed by atoms with E-state index < -0.39 is 10.0 Å². The van der Waals surface area contributed by atoms with Crippen molar-refractivity contribution in [3.05, 3.63) is 0 Å². The van der Waals surface area contributed by atoms with Crippen molar-refractivity contribution >= 4 is 22.4 Å². The predicted molar refractivity (Wildman–Crippen MR) is 85.9 cm³/mol. The van der Waals surface area contributed by atoms with Gasteiger partial charge in [0, 0.05) is 19.1 Å². The van der Waals surface area contributed by atoms with Gasteiger partial charge in [0.15, 0.2) is 0 Å². The van der Waals surface area contributed by atoms with Crippen molar-refractivity contribution in [3.8, 4) is 0 Å². The van der Waals surface area contributed by atoms with E-state index in [9.17, 15) is 8.42 Å². The van der Waals surface area contributed by atoms with Gasteiger partial charge in [-0.25, -0.2) is 13.1 Å². The summed E-state index contributed by atoms with van der Waals surface area (Å²) in [5, 5.41) is 3.48. The van der Waals surface area contributed by atoms with Gasteiger partial charge in [-0.15, -0.1) is 12.4 Å². The average Bonchev–Trinajstić information content (AvgIpc) is 3.19. The highest BCUT2D eigenvalue weighted by molar-refractivity contribution is 7.89. The minimum absolute atomic E-state index is 0. The van der Waals surface area contributed by atoms with Crippen molar-refractivity contribution in [3.63, 3.8) is 0 Å². The highest BCUT2D eigenvalue weighted by Gasteiger charge is 2.23. The Labute approximate surface area is 129 Å². The molecule has 2 N–H and O–H groups in total. The third kappa shape index (κ3) is 7.81. The van der Waals surface area contributed by atoms with Crippen LogP contribution in [0, 0.1) is 5.92 Å². The molecule has 6 heteroatoms. The van der Waals surface area contributed by atoms with Gasteiger partial charge in [-0.05, 0) is 25.2 Å². The van der Waals surface area contributed by atoms with Crippen molar-refractivity contribution in [1.82, 2.24) is 10.0 Å². The molecular weight excluding hydrogens is 296 g/mol. The summed E-state index contributed by atoms with van der Waals surface area (Å²) in [5.41, 5.74) is 0. The Hall–Kier alpha value is 0.160. The lowest BCUT2D eigenvalue weighted by Crippen LogP contribution is -2.37. The van der Waals surface area contributed by atoms with Crippen LogP contribution in [0.3, 0.4) is 0 Å². The van der Waals surface area contributed by atoms with E-state index >= 15 is 0 Å². The standard InChI is InChI=1S/C14H28N2O2S.ClH/c17-19(18,12-9-13-7-8-13)16-11-10-15-14-5-3-1-2-4-6-14;/h13-16H,1-12H2;1H. The largest absolute Gasteiger partial charge is 0.313 e. The summed E-state index contributed by atoms with van der Waals surface area (Å²) >= 11 is 0. The molecule has 0 saturated heterocycles. The maximum Gasteiger partial charge on any atom is 0.211 e. The highest BCUT2D eigenvalue weighted by Crippen LogP contribution is 2.32. The molecular formula is C14H29ClN2O2S. The lowest BCUT2D eigenvalue weighted by molar-refractivity contribution is 0.461. The summed E-state index contributed by atoms with van der Waals surface area (Å²) in [6.45, 7) is 1.29. The summed E-state index contributed by atoms with van der Waals surface area (Å²) in [7, 11) is -3.04. The summed E-state index contributed by atoms with van der Waals surface area (Å²) in [6, 6.07) is 0.596. The number of hydrogen-bond acceptors (Lipinski definition) is 3. The zero-order valence-electron chi connectivity index (χ0n) is 12.3. The molecule has 120 valence electrons. The summed E-state index contributed by atoms with van der Waals surface area (Å²) < 4.78 is 26.2. The summed E-state index contributed by atoms with van der Waals surface area (Å²) in [4.78, 5) is 0. The number of nitrogens with one attached hydrogen (secondary N) is 2. The molecule has 0 spiro atoms. The second-order valence-corrected chi connectivity index (χ2v) is 8.01. The molecule has 2 rings (SSSR count). The number of sulfonamides is 1. The maximum atomic E-state index is 11.7. The van der Waals surface area contributed by atoms with Crippen molar-refractivity contribution in [2.75, 3.05) is 18.8 Å². The summed E-state index contributed by atoms with van der Waals surface area (Å²) in [6.07, 6.45) is 11.1. The molecule has 2 saturated carbocycles. The van der Waals surface area contributed by atoms with Crippen LogP contribution in [-0.4, -0.2) is 33.3 Å². The van der Waals surface area contributed by atoms with Crippen LogP contribution in [0.25, 0.3) is 0 Å². The number of hydrogen-bond donors (Lipinski definition) is 2. The van der Waals surface area contributed by atoms with Crippen LogP contribution < -0.4 is 10.0 Å². The van der Waals surface area contributed by atoms with Crippen LogP contribution in [0.1, 0.15) is 57.8 Å². The Balaban J connectivity index is 0.00000200. The third-order valence-corrected chi connectivity index (χ3v) is 5.64. The Bertz CT molecular complexity index is 350. The van der Waals surface area contributed by atoms with Gasteiger partial charge < -0.3 is 5.32 Å². The van der Waals surface area contributed by atoms with Gasteiger partial charge in [-0.1, -0.05) is 38.5 Å². The van der Waals surface area contributed by atoms with Gasteiger partial charge in [-0.2, -0.15) is 0 Å². The van der Waals surface area contributed by atoms with Crippen molar-refractivity contribution in [2.24, 2.45) is 5.92 Å². The minimum atomic E-state index is -3.04. The lowest BCUT2D eigenvalue weighted by atomic mass is 10.1. The van der Waals surface area contributed by atoms with Gasteiger partial charge in [0.05, 0.1) is 5.75 Å². The van der Waals surface area contributed by atoms with Crippen molar-refractivity contribution < 1.29 is 8.42 Å². The van der Waals surface area contributed by atoms with Crippen LogP contribution in [-0.2, 0) is 10.0 Å². The molecule has 0 aromatic heterocycles. The molecule has 2 aliphatic carbocycles. The highest BCUT2D eigenvalue weighted by atomic mass is 35.5. The topological polar surface area (TPSA) is 58.2 Å². The van der Waals surface area contributed by atoms with Gasteiger partial charge in [0.1, 0.15) is 0 Å². The first-order chi connectivity index (χ1) is 9.16. The van der Waals surface area contributed by atoms with E-state index in [0.29, 0.717) is 24.3 Å².